The first-order valence-electron chi connectivity index (χ1n) is 10.1. The third-order valence-corrected chi connectivity index (χ3v) is 5.84. The van der Waals surface area contributed by atoms with E-state index in [9.17, 15) is 0 Å². The molecule has 3 rings (SSSR count). The number of alkyl halides is 1. The lowest BCUT2D eigenvalue weighted by atomic mass is 9.88. The van der Waals surface area contributed by atoms with E-state index in [0.717, 1.165) is 25.0 Å². The van der Waals surface area contributed by atoms with Gasteiger partial charge in [0.1, 0.15) is 5.75 Å². The second-order valence-corrected chi connectivity index (χ2v) is 8.47. The van der Waals surface area contributed by atoms with Gasteiger partial charge in [-0.05, 0) is 94.0 Å². The molecule has 0 spiro atoms. The Morgan fingerprint density at radius 1 is 0.793 bits per heavy atom. The van der Waals surface area contributed by atoms with Crippen LogP contribution in [0.1, 0.15) is 42.9 Å². The number of hydrogen-bond donors (Lipinski definition) is 0. The van der Waals surface area contributed by atoms with Gasteiger partial charge in [0.15, 0.2) is 0 Å². The molecule has 29 heavy (non-hydrogen) atoms. The summed E-state index contributed by atoms with van der Waals surface area (Å²) in [6.45, 7) is 2.93. The minimum Gasteiger partial charge on any atom is -0.494 e. The minimum absolute atomic E-state index is 0.686. The molecule has 3 aromatic rings. The van der Waals surface area contributed by atoms with Crippen LogP contribution < -0.4 is 4.74 Å². The summed E-state index contributed by atoms with van der Waals surface area (Å²) in [5, 5.41) is 0. The van der Waals surface area contributed by atoms with Crippen molar-refractivity contribution in [1.82, 2.24) is 0 Å². The van der Waals surface area contributed by atoms with Crippen LogP contribution in [0.25, 0.3) is 11.1 Å². The molecule has 0 aromatic heterocycles. The third kappa shape index (κ3) is 6.10. The van der Waals surface area contributed by atoms with Crippen LogP contribution in [-0.4, -0.2) is 12.5 Å². The van der Waals surface area contributed by atoms with Crippen molar-refractivity contribution in [2.75, 3.05) is 12.5 Å². The first-order valence-corrected chi connectivity index (χ1v) is 11.7. The van der Waals surface area contributed by atoms with E-state index >= 15 is 0 Å². The highest BCUT2D eigenvalue weighted by Crippen LogP contribution is 2.35. The maximum absolute atomic E-state index is 5.86. The van der Waals surface area contributed by atoms with Crippen LogP contribution in [0.5, 0.6) is 5.75 Å². The normalized spacial score (nSPS) is 11.8. The summed E-state index contributed by atoms with van der Waals surface area (Å²) in [5.41, 5.74) is 6.35. The number of halogens is 2. The van der Waals surface area contributed by atoms with Gasteiger partial charge < -0.3 is 4.74 Å². The van der Waals surface area contributed by atoms with Crippen molar-refractivity contribution in [2.45, 2.75) is 26.2 Å². The van der Waals surface area contributed by atoms with Crippen molar-refractivity contribution < 1.29 is 4.74 Å². The summed E-state index contributed by atoms with van der Waals surface area (Å²) in [7, 11) is 0. The molecule has 0 heterocycles. The Morgan fingerprint density at radius 3 is 2.00 bits per heavy atom. The first-order chi connectivity index (χ1) is 14.2. The Balaban J connectivity index is 1.99. The molecule has 0 saturated carbocycles. The molecule has 3 heteroatoms. The fraction of sp³-hybridized carbons (Fsp3) is 0.231. The average Bonchev–Trinajstić information content (AvgIpc) is 2.77. The molecule has 0 fully saturated rings. The minimum atomic E-state index is 0.686. The van der Waals surface area contributed by atoms with Gasteiger partial charge >= 0.3 is 0 Å². The van der Waals surface area contributed by atoms with Crippen molar-refractivity contribution in [1.29, 1.82) is 0 Å². The van der Waals surface area contributed by atoms with Crippen LogP contribution >= 0.6 is 34.2 Å². The van der Waals surface area contributed by atoms with Gasteiger partial charge in [0.2, 0.25) is 0 Å². The molecule has 0 N–H and O–H groups in total. The second kappa shape index (κ2) is 11.4. The molecule has 150 valence electrons. The molecule has 3 aromatic carbocycles. The Labute approximate surface area is 192 Å². The fourth-order valence-electron chi connectivity index (χ4n) is 3.40. The zero-order valence-corrected chi connectivity index (χ0v) is 19.6. The van der Waals surface area contributed by atoms with Crippen LogP contribution in [0.15, 0.2) is 78.9 Å². The van der Waals surface area contributed by atoms with Crippen LogP contribution in [0.2, 0.25) is 0 Å². The standard InChI is InChI=1S/C26H26ClIO/c1-2-25(20-8-4-3-5-9-20)26(21-10-14-23(28)15-11-21)22-12-16-24(17-13-22)29-19-7-6-18-27/h3-5,8-17H,2,6-7,18-19H2,1H3/b26-25+. The van der Waals surface area contributed by atoms with Gasteiger partial charge in [-0.3, -0.25) is 0 Å². The molecule has 0 aliphatic carbocycles. The van der Waals surface area contributed by atoms with E-state index in [4.69, 9.17) is 16.3 Å². The number of hydrogen-bond acceptors (Lipinski definition) is 1. The molecular weight excluding hydrogens is 491 g/mol. The van der Waals surface area contributed by atoms with Crippen molar-refractivity contribution in [3.63, 3.8) is 0 Å². The molecule has 0 atom stereocenters. The van der Waals surface area contributed by atoms with E-state index in [0.29, 0.717) is 12.5 Å². The van der Waals surface area contributed by atoms with Crippen molar-refractivity contribution in [2.24, 2.45) is 0 Å². The largest absolute Gasteiger partial charge is 0.494 e. The lowest BCUT2D eigenvalue weighted by Crippen LogP contribution is -1.98. The predicted molar refractivity (Wildman–Crippen MR) is 134 cm³/mol. The summed E-state index contributed by atoms with van der Waals surface area (Å²) < 4.78 is 7.10. The van der Waals surface area contributed by atoms with E-state index in [-0.39, 0.29) is 0 Å². The van der Waals surface area contributed by atoms with Gasteiger partial charge in [0.05, 0.1) is 6.61 Å². The molecule has 0 saturated heterocycles. The molecule has 0 bridgehead atoms. The summed E-state index contributed by atoms with van der Waals surface area (Å²) in [6, 6.07) is 27.9. The molecule has 1 nitrogen and oxygen atoms in total. The monoisotopic (exact) mass is 516 g/mol. The zero-order valence-electron chi connectivity index (χ0n) is 16.7. The van der Waals surface area contributed by atoms with Gasteiger partial charge in [-0.15, -0.1) is 11.6 Å². The maximum Gasteiger partial charge on any atom is 0.119 e. The van der Waals surface area contributed by atoms with Gasteiger partial charge in [0, 0.05) is 9.45 Å². The molecule has 0 unspecified atom stereocenters. The van der Waals surface area contributed by atoms with E-state index in [1.807, 2.05) is 0 Å². The summed E-state index contributed by atoms with van der Waals surface area (Å²) in [6.07, 6.45) is 2.92. The fourth-order valence-corrected chi connectivity index (χ4v) is 3.95. The molecule has 0 aliphatic rings. The van der Waals surface area contributed by atoms with E-state index in [1.165, 1.54) is 31.4 Å². The third-order valence-electron chi connectivity index (χ3n) is 4.85. The summed E-state index contributed by atoms with van der Waals surface area (Å²) in [4.78, 5) is 0. The maximum atomic E-state index is 5.86. The van der Waals surface area contributed by atoms with Gasteiger partial charge in [0.25, 0.3) is 0 Å². The number of benzene rings is 3. The smallest absolute Gasteiger partial charge is 0.119 e. The Kier molecular flexibility index (Phi) is 8.63. The Morgan fingerprint density at radius 2 is 1.41 bits per heavy atom. The lowest BCUT2D eigenvalue weighted by molar-refractivity contribution is 0.309. The van der Waals surface area contributed by atoms with Crippen molar-refractivity contribution in [3.05, 3.63) is 99.1 Å². The second-order valence-electron chi connectivity index (χ2n) is 6.85. The lowest BCUT2D eigenvalue weighted by Gasteiger charge is -2.17. The highest BCUT2D eigenvalue weighted by molar-refractivity contribution is 14.1. The van der Waals surface area contributed by atoms with E-state index in [2.05, 4.69) is 108 Å². The molecule has 0 aliphatic heterocycles. The summed E-state index contributed by atoms with van der Waals surface area (Å²) in [5.74, 6) is 1.59. The number of rotatable bonds is 9. The number of allylic oxidation sites excluding steroid dienone is 1. The molecular formula is C26H26ClIO. The number of unbranched alkanes of at least 4 members (excludes halogenated alkanes) is 1. The van der Waals surface area contributed by atoms with Crippen LogP contribution in [0.4, 0.5) is 0 Å². The first kappa shape index (κ1) is 21.9. The average molecular weight is 517 g/mol. The zero-order chi connectivity index (χ0) is 20.5. The quantitative estimate of drug-likeness (QED) is 0.121. The van der Waals surface area contributed by atoms with Gasteiger partial charge in [-0.2, -0.15) is 0 Å². The van der Waals surface area contributed by atoms with Crippen LogP contribution in [0, 0.1) is 3.57 Å². The predicted octanol–water partition coefficient (Wildman–Crippen LogP) is 8.06. The highest BCUT2D eigenvalue weighted by Gasteiger charge is 2.13. The number of ether oxygens (including phenoxy) is 1. The summed E-state index contributed by atoms with van der Waals surface area (Å²) >= 11 is 8.09. The highest BCUT2D eigenvalue weighted by atomic mass is 127. The Bertz CT molecular complexity index is 915. The van der Waals surface area contributed by atoms with E-state index in [1.54, 1.807) is 0 Å². The molecule has 0 amide bonds. The van der Waals surface area contributed by atoms with Gasteiger partial charge in [-0.25, -0.2) is 0 Å². The van der Waals surface area contributed by atoms with Crippen LogP contribution in [-0.2, 0) is 0 Å². The van der Waals surface area contributed by atoms with Gasteiger partial charge in [-0.1, -0.05) is 61.5 Å². The SMILES string of the molecule is CC/C(=C(/c1ccc(I)cc1)c1ccc(OCCCCCl)cc1)c1ccccc1. The van der Waals surface area contributed by atoms with E-state index < -0.39 is 0 Å². The van der Waals surface area contributed by atoms with Crippen molar-refractivity contribution >= 4 is 45.3 Å². The molecule has 0 radical (unpaired) electrons. The van der Waals surface area contributed by atoms with Crippen LogP contribution in [0.3, 0.4) is 0 Å². The Hall–Kier alpha value is -1.78. The van der Waals surface area contributed by atoms with Crippen molar-refractivity contribution in [3.8, 4) is 5.75 Å². The topological polar surface area (TPSA) is 9.23 Å².